The average molecular weight is 253 g/mol. The second-order valence-corrected chi connectivity index (χ2v) is 5.04. The van der Waals surface area contributed by atoms with E-state index in [-0.39, 0.29) is 12.4 Å². The quantitative estimate of drug-likeness (QED) is 0.747. The highest BCUT2D eigenvalue weighted by Crippen LogP contribution is 2.24. The first kappa shape index (κ1) is 12.6. The van der Waals surface area contributed by atoms with E-state index in [1.54, 1.807) is 24.3 Å². The molecule has 1 aliphatic carbocycles. The molecule has 1 aromatic rings. The maximum absolute atomic E-state index is 11.8. The summed E-state index contributed by atoms with van der Waals surface area (Å²) >= 11 is 5.83. The number of hydrogen-bond acceptors (Lipinski definition) is 2. The van der Waals surface area contributed by atoms with E-state index < -0.39 is 0 Å². The minimum atomic E-state index is 0.00509. The largest absolute Gasteiger partial charge is 0.373 e. The summed E-state index contributed by atoms with van der Waals surface area (Å²) in [5.74, 6) is 0.660. The Morgan fingerprint density at radius 2 is 2.12 bits per heavy atom. The number of ketones is 1. The maximum Gasteiger partial charge on any atom is 0.188 e. The van der Waals surface area contributed by atoms with Crippen LogP contribution in [-0.4, -0.2) is 19.0 Å². The Kier molecular flexibility index (Phi) is 4.57. The molecule has 2 rings (SSSR count). The van der Waals surface area contributed by atoms with Crippen molar-refractivity contribution >= 4 is 17.4 Å². The van der Waals surface area contributed by atoms with E-state index in [9.17, 15) is 4.79 Å². The first-order valence-electron chi connectivity index (χ1n) is 6.12. The van der Waals surface area contributed by atoms with Gasteiger partial charge in [0.05, 0.1) is 6.61 Å². The minimum Gasteiger partial charge on any atom is -0.373 e. The standard InChI is InChI=1S/C14H17ClO2/c15-13-7-3-6-12(8-13)14(16)10-17-9-11-4-1-2-5-11/h3,6-8,11H,1-2,4-5,9-10H2. The summed E-state index contributed by atoms with van der Waals surface area (Å²) in [6.07, 6.45) is 5.09. The molecule has 2 nitrogen and oxygen atoms in total. The van der Waals surface area contributed by atoms with Crippen LogP contribution in [0.3, 0.4) is 0 Å². The van der Waals surface area contributed by atoms with Gasteiger partial charge < -0.3 is 4.74 Å². The third-order valence-corrected chi connectivity index (χ3v) is 3.44. The van der Waals surface area contributed by atoms with Crippen molar-refractivity contribution in [3.05, 3.63) is 34.9 Å². The van der Waals surface area contributed by atoms with Gasteiger partial charge in [-0.15, -0.1) is 0 Å². The number of carbonyl (C=O) groups excluding carboxylic acids is 1. The second-order valence-electron chi connectivity index (χ2n) is 4.60. The molecule has 0 bridgehead atoms. The fraction of sp³-hybridized carbons (Fsp3) is 0.500. The Labute approximate surface area is 107 Å². The van der Waals surface area contributed by atoms with Crippen LogP contribution < -0.4 is 0 Å². The van der Waals surface area contributed by atoms with Crippen molar-refractivity contribution in [1.82, 2.24) is 0 Å². The van der Waals surface area contributed by atoms with Crippen molar-refractivity contribution in [2.24, 2.45) is 5.92 Å². The van der Waals surface area contributed by atoms with Crippen LogP contribution in [0.1, 0.15) is 36.0 Å². The summed E-state index contributed by atoms with van der Waals surface area (Å²) in [6, 6.07) is 7.00. The lowest BCUT2D eigenvalue weighted by Gasteiger charge is -2.09. The zero-order valence-electron chi connectivity index (χ0n) is 9.82. The van der Waals surface area contributed by atoms with Crippen molar-refractivity contribution < 1.29 is 9.53 Å². The molecule has 0 saturated heterocycles. The number of halogens is 1. The monoisotopic (exact) mass is 252 g/mol. The Bertz CT molecular complexity index is 384. The molecule has 0 atom stereocenters. The summed E-state index contributed by atoms with van der Waals surface area (Å²) in [6.45, 7) is 0.878. The van der Waals surface area contributed by atoms with Crippen LogP contribution in [0.4, 0.5) is 0 Å². The van der Waals surface area contributed by atoms with Crippen molar-refractivity contribution in [3.8, 4) is 0 Å². The lowest BCUT2D eigenvalue weighted by Crippen LogP contribution is -2.13. The zero-order valence-corrected chi connectivity index (χ0v) is 10.6. The highest BCUT2D eigenvalue weighted by molar-refractivity contribution is 6.31. The van der Waals surface area contributed by atoms with E-state index in [1.165, 1.54) is 25.7 Å². The first-order valence-corrected chi connectivity index (χ1v) is 6.50. The lowest BCUT2D eigenvalue weighted by atomic mass is 10.1. The van der Waals surface area contributed by atoms with Gasteiger partial charge in [0.25, 0.3) is 0 Å². The molecule has 1 fully saturated rings. The highest BCUT2D eigenvalue weighted by atomic mass is 35.5. The normalized spacial score (nSPS) is 16.3. The molecule has 0 heterocycles. The Balaban J connectivity index is 1.77. The van der Waals surface area contributed by atoms with Gasteiger partial charge in [0.1, 0.15) is 6.61 Å². The predicted octanol–water partition coefficient (Wildman–Crippen LogP) is 3.73. The van der Waals surface area contributed by atoms with Crippen LogP contribution in [0.25, 0.3) is 0 Å². The van der Waals surface area contributed by atoms with Crippen LogP contribution in [0.5, 0.6) is 0 Å². The molecule has 0 unspecified atom stereocenters. The topological polar surface area (TPSA) is 26.3 Å². The highest BCUT2D eigenvalue weighted by Gasteiger charge is 2.15. The molecule has 3 heteroatoms. The fourth-order valence-electron chi connectivity index (χ4n) is 2.24. The third-order valence-electron chi connectivity index (χ3n) is 3.21. The van der Waals surface area contributed by atoms with Gasteiger partial charge >= 0.3 is 0 Å². The number of ether oxygens (including phenoxy) is 1. The molecule has 1 saturated carbocycles. The first-order chi connectivity index (χ1) is 8.25. The van der Waals surface area contributed by atoms with Crippen molar-refractivity contribution in [2.75, 3.05) is 13.2 Å². The molecule has 0 N–H and O–H groups in total. The van der Waals surface area contributed by atoms with Gasteiger partial charge in [0.2, 0.25) is 0 Å². The Morgan fingerprint density at radius 1 is 1.35 bits per heavy atom. The number of carbonyl (C=O) groups is 1. The van der Waals surface area contributed by atoms with Crippen LogP contribution in [0.15, 0.2) is 24.3 Å². The van der Waals surface area contributed by atoms with Crippen LogP contribution in [0.2, 0.25) is 5.02 Å². The molecule has 17 heavy (non-hydrogen) atoms. The lowest BCUT2D eigenvalue weighted by molar-refractivity contribution is 0.0681. The molecule has 0 spiro atoms. The number of rotatable bonds is 5. The second kappa shape index (κ2) is 6.18. The van der Waals surface area contributed by atoms with Crippen molar-refractivity contribution in [3.63, 3.8) is 0 Å². The van der Waals surface area contributed by atoms with E-state index >= 15 is 0 Å². The Hall–Kier alpha value is -0.860. The average Bonchev–Trinajstić information content (AvgIpc) is 2.82. The fourth-order valence-corrected chi connectivity index (χ4v) is 2.43. The van der Waals surface area contributed by atoms with E-state index in [1.807, 2.05) is 0 Å². The van der Waals surface area contributed by atoms with Crippen molar-refractivity contribution in [2.45, 2.75) is 25.7 Å². The number of benzene rings is 1. The number of Topliss-reactive ketones (excluding diaryl/α,β-unsaturated/α-hetero) is 1. The van der Waals surface area contributed by atoms with Gasteiger partial charge in [0.15, 0.2) is 5.78 Å². The van der Waals surface area contributed by atoms with Crippen LogP contribution in [0, 0.1) is 5.92 Å². The molecule has 92 valence electrons. The summed E-state index contributed by atoms with van der Waals surface area (Å²) in [4.78, 5) is 11.8. The van der Waals surface area contributed by atoms with Gasteiger partial charge in [-0.05, 0) is 30.9 Å². The zero-order chi connectivity index (χ0) is 12.1. The maximum atomic E-state index is 11.8. The molecule has 0 aliphatic heterocycles. The van der Waals surface area contributed by atoms with E-state index in [0.717, 1.165) is 0 Å². The summed E-state index contributed by atoms with van der Waals surface area (Å²) in [5, 5.41) is 0.589. The molecular formula is C14H17ClO2. The van der Waals surface area contributed by atoms with Gasteiger partial charge in [-0.1, -0.05) is 36.6 Å². The predicted molar refractivity (Wildman–Crippen MR) is 68.6 cm³/mol. The smallest absolute Gasteiger partial charge is 0.188 e. The summed E-state index contributed by atoms with van der Waals surface area (Å²) < 4.78 is 5.48. The van der Waals surface area contributed by atoms with E-state index in [0.29, 0.717) is 23.1 Å². The molecular weight excluding hydrogens is 236 g/mol. The molecule has 0 radical (unpaired) electrons. The molecule has 0 amide bonds. The molecule has 1 aromatic carbocycles. The van der Waals surface area contributed by atoms with Gasteiger partial charge in [0, 0.05) is 10.6 Å². The Morgan fingerprint density at radius 3 is 2.82 bits per heavy atom. The van der Waals surface area contributed by atoms with Gasteiger partial charge in [-0.2, -0.15) is 0 Å². The summed E-state index contributed by atoms with van der Waals surface area (Å²) in [7, 11) is 0. The summed E-state index contributed by atoms with van der Waals surface area (Å²) in [5.41, 5.74) is 0.629. The minimum absolute atomic E-state index is 0.00509. The van der Waals surface area contributed by atoms with E-state index in [2.05, 4.69) is 0 Å². The van der Waals surface area contributed by atoms with Crippen molar-refractivity contribution in [1.29, 1.82) is 0 Å². The van der Waals surface area contributed by atoms with Crippen LogP contribution >= 0.6 is 11.6 Å². The van der Waals surface area contributed by atoms with E-state index in [4.69, 9.17) is 16.3 Å². The van der Waals surface area contributed by atoms with Gasteiger partial charge in [-0.3, -0.25) is 4.79 Å². The third kappa shape index (κ3) is 3.83. The molecule has 0 aromatic heterocycles. The van der Waals surface area contributed by atoms with Gasteiger partial charge in [-0.25, -0.2) is 0 Å². The number of hydrogen-bond donors (Lipinski definition) is 0. The van der Waals surface area contributed by atoms with Crippen LogP contribution in [-0.2, 0) is 4.74 Å². The SMILES string of the molecule is O=C(COCC1CCCC1)c1cccc(Cl)c1. The molecule has 1 aliphatic rings.